The maximum absolute atomic E-state index is 12.5. The number of thioether (sulfide) groups is 1. The number of anilines is 1. The molecule has 0 spiro atoms. The lowest BCUT2D eigenvalue weighted by molar-refractivity contribution is -0.116. The summed E-state index contributed by atoms with van der Waals surface area (Å²) in [6.07, 6.45) is 1.86. The van der Waals surface area contributed by atoms with Gasteiger partial charge in [-0.05, 0) is 61.2 Å². The Kier molecular flexibility index (Phi) is 7.56. The molecule has 1 atom stereocenters. The molecule has 30 heavy (non-hydrogen) atoms. The zero-order valence-electron chi connectivity index (χ0n) is 17.6. The molecule has 7 heteroatoms. The average molecular weight is 447 g/mol. The number of ether oxygens (including phenoxy) is 2. The zero-order chi connectivity index (χ0) is 21.7. The maximum Gasteiger partial charge on any atom is 0.260 e. The number of hydrogen-bond acceptors (Lipinski definition) is 5. The Bertz CT molecular complexity index is 946. The molecule has 0 aliphatic carbocycles. The molecule has 160 valence electrons. The molecule has 0 saturated carbocycles. The summed E-state index contributed by atoms with van der Waals surface area (Å²) in [5.41, 5.74) is 2.57. The van der Waals surface area contributed by atoms with Crippen molar-refractivity contribution < 1.29 is 14.3 Å². The Morgan fingerprint density at radius 2 is 2.00 bits per heavy atom. The molecule has 2 aromatic carbocycles. The third-order valence-electron chi connectivity index (χ3n) is 4.35. The maximum atomic E-state index is 12.5. The molecule has 0 bridgehead atoms. The van der Waals surface area contributed by atoms with Gasteiger partial charge in [0.25, 0.3) is 5.91 Å². The first kappa shape index (κ1) is 22.4. The normalized spacial score (nSPS) is 17.3. The monoisotopic (exact) mass is 446 g/mol. The minimum atomic E-state index is -0.263. The molecular weight excluding hydrogens is 420 g/mol. The van der Waals surface area contributed by atoms with E-state index < -0.39 is 0 Å². The number of benzene rings is 2. The van der Waals surface area contributed by atoms with Crippen molar-refractivity contribution in [1.29, 1.82) is 0 Å². The van der Waals surface area contributed by atoms with Crippen molar-refractivity contribution >= 4 is 41.0 Å². The van der Waals surface area contributed by atoms with E-state index in [1.54, 1.807) is 0 Å². The Labute approximate surface area is 187 Å². The van der Waals surface area contributed by atoms with Gasteiger partial charge in [0.2, 0.25) is 0 Å². The number of amides is 1. The molecule has 1 unspecified atom stereocenters. The Morgan fingerprint density at radius 1 is 1.20 bits per heavy atom. The molecule has 5 nitrogen and oxygen atoms in total. The van der Waals surface area contributed by atoms with Crippen molar-refractivity contribution in [3.63, 3.8) is 0 Å². The van der Waals surface area contributed by atoms with E-state index in [9.17, 15) is 4.79 Å². The van der Waals surface area contributed by atoms with Crippen molar-refractivity contribution in [2.45, 2.75) is 33.2 Å². The quantitative estimate of drug-likeness (QED) is 0.510. The Balaban J connectivity index is 1.75. The summed E-state index contributed by atoms with van der Waals surface area (Å²) in [6.45, 7) is 9.29. The zero-order valence-corrected chi connectivity index (χ0v) is 19.2. The molecule has 3 rings (SSSR count). The van der Waals surface area contributed by atoms with Gasteiger partial charge >= 0.3 is 0 Å². The fourth-order valence-electron chi connectivity index (χ4n) is 2.87. The van der Waals surface area contributed by atoms with E-state index >= 15 is 0 Å². The minimum absolute atomic E-state index is 0.115. The molecule has 2 aromatic rings. The lowest BCUT2D eigenvalue weighted by Gasteiger charge is -2.15. The molecule has 1 amide bonds. The second-order valence-electron chi connectivity index (χ2n) is 7.43. The van der Waals surface area contributed by atoms with Crippen LogP contribution in [0.25, 0.3) is 6.08 Å². The molecule has 1 fully saturated rings. The highest BCUT2D eigenvalue weighted by molar-refractivity contribution is 8.05. The summed E-state index contributed by atoms with van der Waals surface area (Å²) >= 11 is 7.53. The van der Waals surface area contributed by atoms with E-state index in [1.807, 2.05) is 56.3 Å². The number of aryl methyl sites for hydroxylation is 1. The van der Waals surface area contributed by atoms with Gasteiger partial charge in [-0.25, -0.2) is 0 Å². The van der Waals surface area contributed by atoms with Crippen LogP contribution in [0.5, 0.6) is 11.5 Å². The number of carbonyl (C=O) groups excluding carboxylic acids is 1. The second-order valence-corrected chi connectivity index (χ2v) is 9.01. The Hall–Kier alpha value is -2.31. The van der Waals surface area contributed by atoms with E-state index in [2.05, 4.69) is 24.5 Å². The van der Waals surface area contributed by atoms with Crippen LogP contribution in [0.3, 0.4) is 0 Å². The van der Waals surface area contributed by atoms with Crippen molar-refractivity contribution in [3.05, 3.63) is 57.5 Å². The number of halogens is 1. The van der Waals surface area contributed by atoms with Gasteiger partial charge in [0.05, 0.1) is 18.1 Å². The van der Waals surface area contributed by atoms with Crippen LogP contribution in [-0.2, 0) is 4.79 Å². The second kappa shape index (κ2) is 10.1. The van der Waals surface area contributed by atoms with Crippen LogP contribution in [0.2, 0.25) is 5.02 Å². The lowest BCUT2D eigenvalue weighted by atomic mass is 10.2. The topological polar surface area (TPSA) is 59.6 Å². The van der Waals surface area contributed by atoms with E-state index in [1.165, 1.54) is 11.8 Å². The van der Waals surface area contributed by atoms with Crippen LogP contribution in [0.1, 0.15) is 31.9 Å². The van der Waals surface area contributed by atoms with Gasteiger partial charge in [-0.1, -0.05) is 49.3 Å². The van der Waals surface area contributed by atoms with Crippen molar-refractivity contribution in [2.24, 2.45) is 5.92 Å². The van der Waals surface area contributed by atoms with Crippen LogP contribution in [-0.4, -0.2) is 24.6 Å². The van der Waals surface area contributed by atoms with E-state index in [0.29, 0.717) is 40.6 Å². The van der Waals surface area contributed by atoms with Crippen LogP contribution in [0.15, 0.2) is 41.3 Å². The fraction of sp³-hybridized carbons (Fsp3) is 0.348. The van der Waals surface area contributed by atoms with Gasteiger partial charge in [0.15, 0.2) is 17.0 Å². The van der Waals surface area contributed by atoms with Gasteiger partial charge in [-0.3, -0.25) is 4.79 Å². The van der Waals surface area contributed by atoms with Gasteiger partial charge in [-0.15, -0.1) is 0 Å². The number of hydrogen-bond donors (Lipinski definition) is 2. The summed E-state index contributed by atoms with van der Waals surface area (Å²) in [4.78, 5) is 13.1. The van der Waals surface area contributed by atoms with Crippen LogP contribution in [0, 0.1) is 12.8 Å². The summed E-state index contributed by atoms with van der Waals surface area (Å²) in [5, 5.41) is 6.92. The van der Waals surface area contributed by atoms with Crippen molar-refractivity contribution in [3.8, 4) is 11.5 Å². The standard InChI is InChI=1S/C23H27ClN2O3S/c1-5-28-20-10-16(7-9-19(20)29-13-14(2)3)11-21-22(27)26-23(30-21)25-18-12-17(24)8-6-15(18)4/h6-12,14,23,25H,5,13H2,1-4H3,(H,26,27)/b21-11-. The van der Waals surface area contributed by atoms with Crippen LogP contribution >= 0.6 is 23.4 Å². The van der Waals surface area contributed by atoms with Crippen LogP contribution < -0.4 is 20.1 Å². The van der Waals surface area contributed by atoms with Crippen LogP contribution in [0.4, 0.5) is 5.69 Å². The molecule has 0 radical (unpaired) electrons. The minimum Gasteiger partial charge on any atom is -0.490 e. The molecule has 1 saturated heterocycles. The van der Waals surface area contributed by atoms with Gasteiger partial charge < -0.3 is 20.1 Å². The fourth-order valence-corrected chi connectivity index (χ4v) is 4.01. The summed E-state index contributed by atoms with van der Waals surface area (Å²) in [6, 6.07) is 11.4. The van der Waals surface area contributed by atoms with Gasteiger partial charge in [-0.2, -0.15) is 0 Å². The van der Waals surface area contributed by atoms with E-state index in [-0.39, 0.29) is 11.4 Å². The molecular formula is C23H27ClN2O3S. The average Bonchev–Trinajstić information content (AvgIpc) is 3.03. The molecule has 2 N–H and O–H groups in total. The SMILES string of the molecule is CCOc1cc(/C=C2\SC(Nc3cc(Cl)ccc3C)NC2=O)ccc1OCC(C)C. The number of rotatable bonds is 8. The first-order valence-electron chi connectivity index (χ1n) is 9.97. The van der Waals surface area contributed by atoms with Crippen molar-refractivity contribution in [2.75, 3.05) is 18.5 Å². The summed E-state index contributed by atoms with van der Waals surface area (Å²) in [5.74, 6) is 1.70. The van der Waals surface area contributed by atoms with E-state index in [0.717, 1.165) is 16.8 Å². The lowest BCUT2D eigenvalue weighted by Crippen LogP contribution is -2.31. The van der Waals surface area contributed by atoms with Gasteiger partial charge in [0.1, 0.15) is 0 Å². The first-order valence-corrected chi connectivity index (χ1v) is 11.2. The number of carbonyl (C=O) groups is 1. The highest BCUT2D eigenvalue weighted by Crippen LogP contribution is 2.34. The third-order valence-corrected chi connectivity index (χ3v) is 5.62. The smallest absolute Gasteiger partial charge is 0.260 e. The van der Waals surface area contributed by atoms with E-state index in [4.69, 9.17) is 21.1 Å². The highest BCUT2D eigenvalue weighted by atomic mass is 35.5. The molecule has 0 aromatic heterocycles. The Morgan fingerprint density at radius 3 is 2.73 bits per heavy atom. The van der Waals surface area contributed by atoms with Gasteiger partial charge in [0, 0.05) is 10.7 Å². The predicted molar refractivity (Wildman–Crippen MR) is 125 cm³/mol. The highest BCUT2D eigenvalue weighted by Gasteiger charge is 2.27. The molecule has 1 aliphatic rings. The molecule has 1 aliphatic heterocycles. The predicted octanol–water partition coefficient (Wildman–Crippen LogP) is 5.68. The largest absolute Gasteiger partial charge is 0.490 e. The molecule has 1 heterocycles. The summed E-state index contributed by atoms with van der Waals surface area (Å²) in [7, 11) is 0. The first-order chi connectivity index (χ1) is 14.4. The third kappa shape index (κ3) is 5.86. The summed E-state index contributed by atoms with van der Waals surface area (Å²) < 4.78 is 11.6. The van der Waals surface area contributed by atoms with Crippen molar-refractivity contribution in [1.82, 2.24) is 5.32 Å². The number of nitrogens with one attached hydrogen (secondary N) is 2.